The first-order chi connectivity index (χ1) is 2.41. The highest BCUT2D eigenvalue weighted by atomic mass is 14.2. The molecule has 0 bridgehead atoms. The molecule has 0 unspecified atom stereocenters. The molecular formula is C5H11N. The fraction of sp³-hybridized carbons (Fsp3) is 0.800. The fourth-order valence-corrected chi connectivity index (χ4v) is 0.112. The van der Waals surface area contributed by atoms with E-state index >= 15 is 0 Å². The van der Waals surface area contributed by atoms with Gasteiger partial charge in [-0.2, -0.15) is 5.26 Å². The Bertz CT molecular complexity index is 42.4. The summed E-state index contributed by atoms with van der Waals surface area (Å²) in [7, 11) is 0. The van der Waals surface area contributed by atoms with Crippen LogP contribution in [-0.2, 0) is 0 Å². The van der Waals surface area contributed by atoms with E-state index in [-0.39, 0.29) is 7.43 Å². The molecule has 0 saturated heterocycles. The molecule has 0 spiro atoms. The monoisotopic (exact) mass is 85.1 g/mol. The van der Waals surface area contributed by atoms with Gasteiger partial charge in [-0.05, 0) is 6.42 Å². The maximum Gasteiger partial charge on any atom is 0.0621 e. The average molecular weight is 85.2 g/mol. The zero-order valence-corrected chi connectivity index (χ0v) is 3.36. The van der Waals surface area contributed by atoms with E-state index in [0.717, 1.165) is 6.42 Å². The molecule has 1 nitrogen and oxygen atoms in total. The van der Waals surface area contributed by atoms with Gasteiger partial charge >= 0.3 is 0 Å². The van der Waals surface area contributed by atoms with Crippen LogP contribution in [-0.4, -0.2) is 0 Å². The third-order valence-corrected chi connectivity index (χ3v) is 0.362. The second-order valence-corrected chi connectivity index (χ2v) is 0.908. The van der Waals surface area contributed by atoms with Gasteiger partial charge in [0.2, 0.25) is 0 Å². The van der Waals surface area contributed by atoms with E-state index in [0.29, 0.717) is 6.42 Å². The summed E-state index contributed by atoms with van der Waals surface area (Å²) >= 11 is 0. The summed E-state index contributed by atoms with van der Waals surface area (Å²) in [5.74, 6) is 0. The molecule has 0 aliphatic rings. The summed E-state index contributed by atoms with van der Waals surface area (Å²) in [4.78, 5) is 0. The maximum atomic E-state index is 7.82. The third kappa shape index (κ3) is 9.75. The summed E-state index contributed by atoms with van der Waals surface area (Å²) in [6.45, 7) is 1.99. The Balaban J connectivity index is 0. The van der Waals surface area contributed by atoms with Crippen molar-refractivity contribution in [3.05, 3.63) is 0 Å². The van der Waals surface area contributed by atoms with Crippen LogP contribution in [0, 0.1) is 11.3 Å². The first-order valence-electron chi connectivity index (χ1n) is 1.78. The van der Waals surface area contributed by atoms with Gasteiger partial charge in [-0.25, -0.2) is 0 Å². The van der Waals surface area contributed by atoms with Crippen LogP contribution < -0.4 is 0 Å². The van der Waals surface area contributed by atoms with Gasteiger partial charge in [-0.1, -0.05) is 14.4 Å². The van der Waals surface area contributed by atoms with Crippen molar-refractivity contribution in [1.82, 2.24) is 0 Å². The van der Waals surface area contributed by atoms with Crippen LogP contribution in [0.5, 0.6) is 0 Å². The van der Waals surface area contributed by atoms with Gasteiger partial charge in [0, 0.05) is 6.42 Å². The van der Waals surface area contributed by atoms with Crippen LogP contribution in [0.4, 0.5) is 0 Å². The maximum absolute atomic E-state index is 7.82. The van der Waals surface area contributed by atoms with Gasteiger partial charge in [-0.15, -0.1) is 0 Å². The standard InChI is InChI=1S/C4H7N.CH4/c1-2-3-4-5;/h2-3H2,1H3;1H4. The SMILES string of the molecule is C.CCCC#N. The van der Waals surface area contributed by atoms with Gasteiger partial charge in [-0.3, -0.25) is 0 Å². The van der Waals surface area contributed by atoms with Crippen molar-refractivity contribution in [1.29, 1.82) is 5.26 Å². The molecule has 0 aromatic heterocycles. The highest BCUT2D eigenvalue weighted by Crippen LogP contribution is 1.77. The normalized spacial score (nSPS) is 5.33. The molecule has 0 rings (SSSR count). The molecule has 0 N–H and O–H groups in total. The molecular weight excluding hydrogens is 74.1 g/mol. The number of unbranched alkanes of at least 4 members (excludes halogenated alkanes) is 1. The molecule has 0 heterocycles. The lowest BCUT2D eigenvalue weighted by molar-refractivity contribution is 0.969. The van der Waals surface area contributed by atoms with Gasteiger partial charge in [0.1, 0.15) is 0 Å². The Kier molecular flexibility index (Phi) is 13.4. The van der Waals surface area contributed by atoms with Crippen molar-refractivity contribution >= 4 is 0 Å². The summed E-state index contributed by atoms with van der Waals surface area (Å²) in [5.41, 5.74) is 0. The van der Waals surface area contributed by atoms with E-state index in [1.807, 2.05) is 13.0 Å². The minimum atomic E-state index is 0. The van der Waals surface area contributed by atoms with Crippen molar-refractivity contribution in [3.8, 4) is 6.07 Å². The molecule has 0 fully saturated rings. The molecule has 1 heteroatoms. The summed E-state index contributed by atoms with van der Waals surface area (Å²) in [6.07, 6.45) is 1.68. The van der Waals surface area contributed by atoms with Crippen LogP contribution in [0.2, 0.25) is 0 Å². The number of hydrogen-bond donors (Lipinski definition) is 0. The van der Waals surface area contributed by atoms with Crippen LogP contribution in [0.15, 0.2) is 0 Å². The molecule has 0 saturated carbocycles. The molecule has 0 aromatic rings. The number of nitrogens with zero attached hydrogens (tertiary/aromatic N) is 1. The Hall–Kier alpha value is -0.510. The topological polar surface area (TPSA) is 23.8 Å². The lowest BCUT2D eigenvalue weighted by Gasteiger charge is -1.65. The quantitative estimate of drug-likeness (QED) is 0.477. The zero-order valence-electron chi connectivity index (χ0n) is 3.36. The van der Waals surface area contributed by atoms with Crippen molar-refractivity contribution in [2.75, 3.05) is 0 Å². The summed E-state index contributed by atoms with van der Waals surface area (Å²) < 4.78 is 0. The Morgan fingerprint density at radius 2 is 2.17 bits per heavy atom. The van der Waals surface area contributed by atoms with E-state index in [4.69, 9.17) is 5.26 Å². The Morgan fingerprint density at radius 1 is 1.67 bits per heavy atom. The van der Waals surface area contributed by atoms with Gasteiger partial charge < -0.3 is 0 Å². The smallest absolute Gasteiger partial charge is 0.0621 e. The average Bonchev–Trinajstić information content (AvgIpc) is 1.41. The van der Waals surface area contributed by atoms with E-state index in [1.165, 1.54) is 0 Å². The van der Waals surface area contributed by atoms with Gasteiger partial charge in [0.15, 0.2) is 0 Å². The molecule has 0 aliphatic carbocycles. The first-order valence-corrected chi connectivity index (χ1v) is 1.78. The molecule has 0 radical (unpaired) electrons. The van der Waals surface area contributed by atoms with Crippen LogP contribution in [0.25, 0.3) is 0 Å². The molecule has 0 aliphatic heterocycles. The van der Waals surface area contributed by atoms with Crippen LogP contribution >= 0.6 is 0 Å². The summed E-state index contributed by atoms with van der Waals surface area (Å²) in [5, 5.41) is 7.82. The second kappa shape index (κ2) is 8.82. The highest BCUT2D eigenvalue weighted by Gasteiger charge is 1.65. The largest absolute Gasteiger partial charge is 0.198 e. The summed E-state index contributed by atoms with van der Waals surface area (Å²) in [6, 6.07) is 2.02. The van der Waals surface area contributed by atoms with Gasteiger partial charge in [0.05, 0.1) is 6.07 Å². The number of rotatable bonds is 1. The second-order valence-electron chi connectivity index (χ2n) is 0.908. The fourth-order valence-electron chi connectivity index (χ4n) is 0.112. The number of nitriles is 1. The molecule has 6 heavy (non-hydrogen) atoms. The van der Waals surface area contributed by atoms with E-state index < -0.39 is 0 Å². The van der Waals surface area contributed by atoms with Crippen molar-refractivity contribution in [2.24, 2.45) is 0 Å². The predicted molar refractivity (Wildman–Crippen MR) is 27.3 cm³/mol. The molecule has 0 amide bonds. The highest BCUT2D eigenvalue weighted by molar-refractivity contribution is 4.65. The van der Waals surface area contributed by atoms with Crippen LogP contribution in [0.3, 0.4) is 0 Å². The third-order valence-electron chi connectivity index (χ3n) is 0.362. The van der Waals surface area contributed by atoms with E-state index in [9.17, 15) is 0 Å². The predicted octanol–water partition coefficient (Wildman–Crippen LogP) is 1.95. The first kappa shape index (κ1) is 9.09. The van der Waals surface area contributed by atoms with E-state index in [2.05, 4.69) is 0 Å². The lowest BCUT2D eigenvalue weighted by atomic mass is 10.4. The minimum Gasteiger partial charge on any atom is -0.198 e. The van der Waals surface area contributed by atoms with Crippen LogP contribution in [0.1, 0.15) is 27.2 Å². The van der Waals surface area contributed by atoms with E-state index in [1.54, 1.807) is 0 Å². The van der Waals surface area contributed by atoms with Crippen molar-refractivity contribution in [2.45, 2.75) is 27.2 Å². The van der Waals surface area contributed by atoms with Crippen molar-refractivity contribution in [3.63, 3.8) is 0 Å². The number of hydrogen-bond acceptors (Lipinski definition) is 1. The van der Waals surface area contributed by atoms with Gasteiger partial charge in [0.25, 0.3) is 0 Å². The molecule has 36 valence electrons. The minimum absolute atomic E-state index is 0. The molecule has 0 atom stereocenters. The lowest BCUT2D eigenvalue weighted by Crippen LogP contribution is -1.53. The molecule has 0 aromatic carbocycles. The van der Waals surface area contributed by atoms with Crippen molar-refractivity contribution < 1.29 is 0 Å². The Morgan fingerprint density at radius 3 is 2.17 bits per heavy atom. The Labute approximate surface area is 39.6 Å². The zero-order chi connectivity index (χ0) is 4.12.